The molecule has 0 amide bonds. The van der Waals surface area contributed by atoms with Gasteiger partial charge in [0.1, 0.15) is 5.65 Å². The van der Waals surface area contributed by atoms with Gasteiger partial charge in [0.05, 0.1) is 5.69 Å². The molecule has 4 aromatic rings. The average molecular weight is 364 g/mol. The Kier molecular flexibility index (Phi) is 4.75. The van der Waals surface area contributed by atoms with E-state index < -0.39 is 0 Å². The summed E-state index contributed by atoms with van der Waals surface area (Å²) in [5, 5.41) is 8.94. The van der Waals surface area contributed by atoms with Gasteiger partial charge in [0.15, 0.2) is 0 Å². The van der Waals surface area contributed by atoms with Crippen molar-refractivity contribution in [1.29, 1.82) is 0 Å². The molecule has 0 radical (unpaired) electrons. The number of aromatic nitrogens is 4. The molecule has 3 heterocycles. The van der Waals surface area contributed by atoms with Crippen LogP contribution < -0.4 is 0 Å². The highest BCUT2D eigenvalue weighted by Crippen LogP contribution is 2.24. The van der Waals surface area contributed by atoms with Crippen molar-refractivity contribution in [2.75, 3.05) is 0 Å². The van der Waals surface area contributed by atoms with E-state index in [9.17, 15) is 0 Å². The zero-order valence-electron chi connectivity index (χ0n) is 14.8. The van der Waals surface area contributed by atoms with E-state index in [1.54, 1.807) is 0 Å². The Morgan fingerprint density at radius 2 is 1.96 bits per heavy atom. The topological polar surface area (TPSA) is 56.2 Å². The van der Waals surface area contributed by atoms with Gasteiger partial charge in [-0.25, -0.2) is 4.98 Å². The Morgan fingerprint density at radius 3 is 2.77 bits per heavy atom. The molecular weight excluding hydrogens is 344 g/mol. The maximum absolute atomic E-state index is 5.80. The monoisotopic (exact) mass is 364 g/mol. The average Bonchev–Trinajstić information content (AvgIpc) is 3.28. The molecule has 0 N–H and O–H groups in total. The molecule has 26 heavy (non-hydrogen) atoms. The second-order valence-corrected chi connectivity index (χ2v) is 7.35. The van der Waals surface area contributed by atoms with Crippen LogP contribution in [-0.2, 0) is 12.2 Å². The van der Waals surface area contributed by atoms with Gasteiger partial charge >= 0.3 is 0 Å². The molecule has 0 saturated carbocycles. The normalized spacial score (nSPS) is 12.5. The summed E-state index contributed by atoms with van der Waals surface area (Å²) in [6, 6.07) is 14.5. The van der Waals surface area contributed by atoms with E-state index in [1.165, 1.54) is 22.9 Å². The van der Waals surface area contributed by atoms with E-state index >= 15 is 0 Å². The first-order valence-corrected chi connectivity index (χ1v) is 9.61. The summed E-state index contributed by atoms with van der Waals surface area (Å²) >= 11 is 1.52. The second kappa shape index (κ2) is 7.33. The Hall–Kier alpha value is -2.60. The summed E-state index contributed by atoms with van der Waals surface area (Å²) in [4.78, 5) is 4.67. The molecule has 0 aliphatic rings. The summed E-state index contributed by atoms with van der Waals surface area (Å²) in [5.41, 5.74) is 4.44. The highest BCUT2D eigenvalue weighted by atomic mass is 32.2. The van der Waals surface area contributed by atoms with Gasteiger partial charge < -0.3 is 8.82 Å². The fourth-order valence-electron chi connectivity index (χ4n) is 2.95. The Balaban J connectivity index is 1.39. The molecule has 1 atom stereocenters. The van der Waals surface area contributed by atoms with E-state index in [0.717, 1.165) is 17.8 Å². The van der Waals surface area contributed by atoms with Gasteiger partial charge in [0, 0.05) is 24.6 Å². The van der Waals surface area contributed by atoms with Crippen molar-refractivity contribution < 1.29 is 4.42 Å². The Bertz CT molecular complexity index is 1010. The van der Waals surface area contributed by atoms with Crippen molar-refractivity contribution in [1.82, 2.24) is 19.6 Å². The van der Waals surface area contributed by atoms with Crippen molar-refractivity contribution >= 4 is 17.4 Å². The first-order chi connectivity index (χ1) is 12.7. The van der Waals surface area contributed by atoms with Crippen LogP contribution in [0.4, 0.5) is 0 Å². The van der Waals surface area contributed by atoms with Crippen LogP contribution >= 0.6 is 11.8 Å². The lowest BCUT2D eigenvalue weighted by Crippen LogP contribution is -1.98. The van der Waals surface area contributed by atoms with Gasteiger partial charge in [-0.2, -0.15) is 0 Å². The van der Waals surface area contributed by atoms with Crippen molar-refractivity contribution in [3.8, 4) is 0 Å². The standard InChI is InChI=1S/C20H20N4OS/c1-14-7-6-10-24-12-17(21-19(14)24)13-26-20-23-22-18(25-20)11-15(2)16-8-4-3-5-9-16/h3-10,12,15H,11,13H2,1-2H3. The first-order valence-electron chi connectivity index (χ1n) is 8.62. The molecule has 132 valence electrons. The summed E-state index contributed by atoms with van der Waals surface area (Å²) in [6.07, 6.45) is 4.80. The van der Waals surface area contributed by atoms with Crippen LogP contribution in [0.5, 0.6) is 0 Å². The van der Waals surface area contributed by atoms with Crippen LogP contribution in [0.3, 0.4) is 0 Å². The molecule has 0 spiro atoms. The molecular formula is C20H20N4OS. The molecule has 0 fully saturated rings. The molecule has 1 unspecified atom stereocenters. The number of nitrogens with zero attached hydrogens (tertiary/aromatic N) is 4. The van der Waals surface area contributed by atoms with E-state index in [2.05, 4.69) is 59.4 Å². The molecule has 3 aromatic heterocycles. The Labute approximate surface area is 156 Å². The van der Waals surface area contributed by atoms with Crippen molar-refractivity contribution in [3.63, 3.8) is 0 Å². The predicted octanol–water partition coefficient (Wildman–Crippen LogP) is 4.66. The van der Waals surface area contributed by atoms with Crippen LogP contribution in [0.25, 0.3) is 5.65 Å². The third-order valence-corrected chi connectivity index (χ3v) is 5.22. The third kappa shape index (κ3) is 3.65. The lowest BCUT2D eigenvalue weighted by Gasteiger charge is -2.08. The van der Waals surface area contributed by atoms with E-state index in [1.807, 2.05) is 28.9 Å². The third-order valence-electron chi connectivity index (χ3n) is 4.37. The number of rotatable bonds is 6. The number of fused-ring (bicyclic) bond motifs is 1. The van der Waals surface area contributed by atoms with Crippen molar-refractivity contribution in [2.24, 2.45) is 0 Å². The molecule has 5 nitrogen and oxygen atoms in total. The summed E-state index contributed by atoms with van der Waals surface area (Å²) in [5.74, 6) is 1.72. The van der Waals surface area contributed by atoms with Crippen molar-refractivity contribution in [2.45, 2.75) is 37.2 Å². The highest BCUT2D eigenvalue weighted by Gasteiger charge is 2.13. The quantitative estimate of drug-likeness (QED) is 0.466. The minimum absolute atomic E-state index is 0.343. The van der Waals surface area contributed by atoms with Crippen LogP contribution in [0.1, 0.15) is 35.6 Å². The van der Waals surface area contributed by atoms with Crippen LogP contribution in [0.2, 0.25) is 0 Å². The second-order valence-electron chi connectivity index (χ2n) is 6.42. The van der Waals surface area contributed by atoms with E-state index in [4.69, 9.17) is 4.42 Å². The van der Waals surface area contributed by atoms with Gasteiger partial charge in [-0.05, 0) is 30.0 Å². The van der Waals surface area contributed by atoms with Gasteiger partial charge in [0.2, 0.25) is 5.89 Å². The number of hydrogen-bond acceptors (Lipinski definition) is 5. The zero-order valence-corrected chi connectivity index (χ0v) is 15.6. The molecule has 0 bridgehead atoms. The fraction of sp³-hybridized carbons (Fsp3) is 0.250. The fourth-order valence-corrected chi connectivity index (χ4v) is 3.61. The Morgan fingerprint density at radius 1 is 1.12 bits per heavy atom. The van der Waals surface area contributed by atoms with E-state index in [0.29, 0.717) is 22.8 Å². The maximum Gasteiger partial charge on any atom is 0.276 e. The molecule has 1 aromatic carbocycles. The van der Waals surface area contributed by atoms with Gasteiger partial charge in [-0.1, -0.05) is 55.1 Å². The number of aryl methyl sites for hydroxylation is 1. The number of hydrogen-bond donors (Lipinski definition) is 0. The number of imidazole rings is 1. The lowest BCUT2D eigenvalue weighted by molar-refractivity contribution is 0.404. The summed E-state index contributed by atoms with van der Waals surface area (Å²) in [6.45, 7) is 4.24. The van der Waals surface area contributed by atoms with Crippen molar-refractivity contribution in [3.05, 3.63) is 77.6 Å². The van der Waals surface area contributed by atoms with E-state index in [-0.39, 0.29) is 0 Å². The van der Waals surface area contributed by atoms with Crippen LogP contribution in [0, 0.1) is 6.92 Å². The van der Waals surface area contributed by atoms with Crippen LogP contribution in [-0.4, -0.2) is 19.6 Å². The zero-order chi connectivity index (χ0) is 17.9. The molecule has 0 aliphatic heterocycles. The van der Waals surface area contributed by atoms with Gasteiger partial charge in [0.25, 0.3) is 5.22 Å². The minimum atomic E-state index is 0.343. The largest absolute Gasteiger partial charge is 0.416 e. The molecule has 6 heteroatoms. The minimum Gasteiger partial charge on any atom is -0.416 e. The molecule has 0 aliphatic carbocycles. The SMILES string of the molecule is Cc1cccn2cc(CSc3nnc(CC(C)c4ccccc4)o3)nc12. The summed E-state index contributed by atoms with van der Waals surface area (Å²) < 4.78 is 7.85. The van der Waals surface area contributed by atoms with Gasteiger partial charge in [-0.15, -0.1) is 10.2 Å². The van der Waals surface area contributed by atoms with Gasteiger partial charge in [-0.3, -0.25) is 0 Å². The number of thioether (sulfide) groups is 1. The smallest absolute Gasteiger partial charge is 0.276 e. The molecule has 4 rings (SSSR count). The number of pyridine rings is 1. The first kappa shape index (κ1) is 16.8. The number of benzene rings is 1. The predicted molar refractivity (Wildman–Crippen MR) is 102 cm³/mol. The lowest BCUT2D eigenvalue weighted by atomic mass is 9.98. The highest BCUT2D eigenvalue weighted by molar-refractivity contribution is 7.98. The van der Waals surface area contributed by atoms with Crippen LogP contribution in [0.15, 0.2) is 64.5 Å². The maximum atomic E-state index is 5.80. The summed E-state index contributed by atoms with van der Waals surface area (Å²) in [7, 11) is 0. The molecule has 0 saturated heterocycles.